The topological polar surface area (TPSA) is 110 Å². The van der Waals surface area contributed by atoms with Gasteiger partial charge in [0, 0.05) is 5.56 Å². The fraction of sp³-hybridized carbons (Fsp3) is 0.231. The summed E-state index contributed by atoms with van der Waals surface area (Å²) in [5.41, 5.74) is 0.524. The molecule has 0 spiro atoms. The number of methoxy groups -OCH3 is 1. The smallest absolute Gasteiger partial charge is 0.318 e. The largest absolute Gasteiger partial charge is 0.480 e. The highest BCUT2D eigenvalue weighted by molar-refractivity contribution is 7.89. The van der Waals surface area contributed by atoms with E-state index in [9.17, 15) is 18.0 Å². The maximum absolute atomic E-state index is 11.7. The molecule has 0 fully saturated rings. The lowest BCUT2D eigenvalue weighted by Crippen LogP contribution is -2.29. The van der Waals surface area contributed by atoms with Gasteiger partial charge in [0.15, 0.2) is 0 Å². The van der Waals surface area contributed by atoms with Crippen LogP contribution in [0.3, 0.4) is 0 Å². The SMILES string of the molecule is COC(=O)CC#Cc1ccc(S(=O)(=O)NCC(=O)O)cc1. The van der Waals surface area contributed by atoms with Crippen LogP contribution in [-0.4, -0.2) is 39.1 Å². The molecule has 0 heterocycles. The van der Waals surface area contributed by atoms with Crippen molar-refractivity contribution in [3.05, 3.63) is 29.8 Å². The Hall–Kier alpha value is -2.37. The third-order valence-corrected chi connectivity index (χ3v) is 3.69. The first-order chi connectivity index (χ1) is 9.85. The molecule has 112 valence electrons. The van der Waals surface area contributed by atoms with Gasteiger partial charge in [-0.2, -0.15) is 4.72 Å². The van der Waals surface area contributed by atoms with Crippen molar-refractivity contribution in [3.8, 4) is 11.8 Å². The molecule has 1 aromatic carbocycles. The molecular formula is C13H13NO6S. The molecule has 0 atom stereocenters. The minimum Gasteiger partial charge on any atom is -0.480 e. The summed E-state index contributed by atoms with van der Waals surface area (Å²) in [7, 11) is -2.61. The predicted octanol–water partition coefficient (Wildman–Crippen LogP) is -0.0359. The van der Waals surface area contributed by atoms with Gasteiger partial charge in [0.1, 0.15) is 13.0 Å². The Morgan fingerprint density at radius 3 is 2.43 bits per heavy atom. The summed E-state index contributed by atoms with van der Waals surface area (Å²) in [5.74, 6) is 3.53. The highest BCUT2D eigenvalue weighted by Crippen LogP contribution is 2.09. The molecule has 1 aromatic rings. The monoisotopic (exact) mass is 311 g/mol. The van der Waals surface area contributed by atoms with Crippen molar-refractivity contribution in [1.29, 1.82) is 0 Å². The van der Waals surface area contributed by atoms with Gasteiger partial charge in [-0.1, -0.05) is 11.8 Å². The number of sulfonamides is 1. The van der Waals surface area contributed by atoms with Crippen molar-refractivity contribution >= 4 is 22.0 Å². The summed E-state index contributed by atoms with van der Waals surface area (Å²) >= 11 is 0. The Kier molecular flexibility index (Phi) is 5.90. The second-order valence-corrected chi connectivity index (χ2v) is 5.56. The molecule has 0 saturated heterocycles. The number of carboxylic acids is 1. The molecule has 0 radical (unpaired) electrons. The molecular weight excluding hydrogens is 298 g/mol. The first-order valence-corrected chi connectivity index (χ1v) is 7.20. The van der Waals surface area contributed by atoms with E-state index in [1.807, 2.05) is 4.72 Å². The third kappa shape index (κ3) is 5.64. The highest BCUT2D eigenvalue weighted by atomic mass is 32.2. The normalized spacial score (nSPS) is 10.3. The summed E-state index contributed by atoms with van der Waals surface area (Å²) in [6, 6.07) is 5.51. The summed E-state index contributed by atoms with van der Waals surface area (Å²) in [4.78, 5) is 21.1. The van der Waals surface area contributed by atoms with Crippen molar-refractivity contribution in [2.24, 2.45) is 0 Å². The molecule has 8 heteroatoms. The van der Waals surface area contributed by atoms with Crippen LogP contribution >= 0.6 is 0 Å². The van der Waals surface area contributed by atoms with Gasteiger partial charge >= 0.3 is 11.9 Å². The number of benzene rings is 1. The summed E-state index contributed by atoms with van der Waals surface area (Å²) < 4.78 is 29.8. The minimum absolute atomic E-state index is 0.0588. The third-order valence-electron chi connectivity index (χ3n) is 2.27. The fourth-order valence-electron chi connectivity index (χ4n) is 1.25. The van der Waals surface area contributed by atoms with E-state index in [2.05, 4.69) is 16.6 Å². The molecule has 1 rings (SSSR count). The van der Waals surface area contributed by atoms with Crippen LogP contribution in [0.2, 0.25) is 0 Å². The number of hydrogen-bond donors (Lipinski definition) is 2. The van der Waals surface area contributed by atoms with Crippen molar-refractivity contribution in [2.45, 2.75) is 11.3 Å². The van der Waals surface area contributed by atoms with Gasteiger partial charge in [-0.3, -0.25) is 9.59 Å². The van der Waals surface area contributed by atoms with E-state index in [0.29, 0.717) is 5.56 Å². The maximum Gasteiger partial charge on any atom is 0.318 e. The van der Waals surface area contributed by atoms with Crippen LogP contribution in [0.25, 0.3) is 0 Å². The summed E-state index contributed by atoms with van der Waals surface area (Å²) in [6.45, 7) is -0.691. The average Bonchev–Trinajstić information content (AvgIpc) is 2.45. The molecule has 0 aromatic heterocycles. The van der Waals surface area contributed by atoms with E-state index in [0.717, 1.165) is 0 Å². The fourth-order valence-corrected chi connectivity index (χ4v) is 2.22. The van der Waals surface area contributed by atoms with E-state index < -0.39 is 28.5 Å². The van der Waals surface area contributed by atoms with Gasteiger partial charge in [0.2, 0.25) is 10.0 Å². The Morgan fingerprint density at radius 2 is 1.90 bits per heavy atom. The predicted molar refractivity (Wildman–Crippen MR) is 72.8 cm³/mol. The van der Waals surface area contributed by atoms with E-state index in [1.54, 1.807) is 0 Å². The van der Waals surface area contributed by atoms with Gasteiger partial charge in [0.05, 0.1) is 12.0 Å². The Bertz CT molecular complexity index is 682. The Labute approximate surface area is 122 Å². The van der Waals surface area contributed by atoms with Gasteiger partial charge < -0.3 is 9.84 Å². The van der Waals surface area contributed by atoms with Crippen molar-refractivity contribution in [1.82, 2.24) is 4.72 Å². The lowest BCUT2D eigenvalue weighted by Gasteiger charge is -2.04. The van der Waals surface area contributed by atoms with Crippen LogP contribution < -0.4 is 4.72 Å². The standard InChI is InChI=1S/C13H13NO6S/c1-20-13(17)4-2-3-10-5-7-11(8-6-10)21(18,19)14-9-12(15)16/h5-8,14H,4,9H2,1H3,(H,15,16). The number of ether oxygens (including phenoxy) is 1. The number of nitrogens with one attached hydrogen (secondary N) is 1. The molecule has 7 nitrogen and oxygen atoms in total. The van der Waals surface area contributed by atoms with Crippen molar-refractivity contribution < 1.29 is 27.9 Å². The zero-order valence-electron chi connectivity index (χ0n) is 11.1. The maximum atomic E-state index is 11.7. The van der Waals surface area contributed by atoms with Crippen molar-refractivity contribution in [2.75, 3.05) is 13.7 Å². The highest BCUT2D eigenvalue weighted by Gasteiger charge is 2.14. The number of carboxylic acid groups (broad SMARTS) is 1. The molecule has 0 amide bonds. The van der Waals surface area contributed by atoms with E-state index in [1.165, 1.54) is 31.4 Å². The molecule has 0 unspecified atom stereocenters. The van der Waals surface area contributed by atoms with Crippen LogP contribution in [0, 0.1) is 11.8 Å². The van der Waals surface area contributed by atoms with E-state index >= 15 is 0 Å². The molecule has 21 heavy (non-hydrogen) atoms. The van der Waals surface area contributed by atoms with Gasteiger partial charge in [-0.05, 0) is 24.3 Å². The zero-order chi connectivity index (χ0) is 15.9. The van der Waals surface area contributed by atoms with Gasteiger partial charge in [-0.15, -0.1) is 0 Å². The molecule has 0 bridgehead atoms. The lowest BCUT2D eigenvalue weighted by atomic mass is 10.2. The van der Waals surface area contributed by atoms with Gasteiger partial charge in [0.25, 0.3) is 0 Å². The number of rotatable bonds is 5. The quantitative estimate of drug-likeness (QED) is 0.583. The Balaban J connectivity index is 2.78. The number of carbonyl (C=O) groups excluding carboxylic acids is 1. The first kappa shape index (κ1) is 16.7. The van der Waals surface area contributed by atoms with Crippen LogP contribution in [-0.2, 0) is 24.3 Å². The number of carbonyl (C=O) groups is 2. The van der Waals surface area contributed by atoms with Crippen LogP contribution in [0.5, 0.6) is 0 Å². The Morgan fingerprint density at radius 1 is 1.29 bits per heavy atom. The number of aliphatic carboxylic acids is 1. The van der Waals surface area contributed by atoms with Crippen LogP contribution in [0.15, 0.2) is 29.2 Å². The molecule has 0 saturated carbocycles. The number of hydrogen-bond acceptors (Lipinski definition) is 5. The number of esters is 1. The summed E-state index contributed by atoms with van der Waals surface area (Å²) in [5, 5.41) is 8.45. The second kappa shape index (κ2) is 7.42. The zero-order valence-corrected chi connectivity index (χ0v) is 11.9. The average molecular weight is 311 g/mol. The van der Waals surface area contributed by atoms with Crippen LogP contribution in [0.1, 0.15) is 12.0 Å². The van der Waals surface area contributed by atoms with Crippen LogP contribution in [0.4, 0.5) is 0 Å². The summed E-state index contributed by atoms with van der Waals surface area (Å²) in [6.07, 6.45) is -0.0588. The van der Waals surface area contributed by atoms with E-state index in [4.69, 9.17) is 5.11 Å². The van der Waals surface area contributed by atoms with E-state index in [-0.39, 0.29) is 11.3 Å². The van der Waals surface area contributed by atoms with Gasteiger partial charge in [-0.25, -0.2) is 8.42 Å². The molecule has 2 N–H and O–H groups in total. The molecule has 0 aliphatic heterocycles. The molecule has 0 aliphatic rings. The lowest BCUT2D eigenvalue weighted by molar-refractivity contribution is -0.139. The minimum atomic E-state index is -3.86. The first-order valence-electron chi connectivity index (χ1n) is 5.72. The second-order valence-electron chi connectivity index (χ2n) is 3.80. The van der Waals surface area contributed by atoms with Crippen molar-refractivity contribution in [3.63, 3.8) is 0 Å². The molecule has 0 aliphatic carbocycles.